The fourth-order valence-corrected chi connectivity index (χ4v) is 1.38. The van der Waals surface area contributed by atoms with Gasteiger partial charge in [-0.1, -0.05) is 6.07 Å². The zero-order chi connectivity index (χ0) is 11.9. The highest BCUT2D eigenvalue weighted by Crippen LogP contribution is 2.11. The third-order valence-corrected chi connectivity index (χ3v) is 2.15. The van der Waals surface area contributed by atoms with E-state index in [2.05, 4.69) is 4.98 Å². The Kier molecular flexibility index (Phi) is 2.12. The molecule has 0 aromatic carbocycles. The van der Waals surface area contributed by atoms with E-state index in [9.17, 15) is 14.7 Å². The number of fused-ring (bicyclic) bond motifs is 1. The normalized spacial score (nSPS) is 10.6. The summed E-state index contributed by atoms with van der Waals surface area (Å²) in [4.78, 5) is 26.0. The summed E-state index contributed by atoms with van der Waals surface area (Å²) in [6.45, 7) is 1.77. The molecule has 0 saturated heterocycles. The van der Waals surface area contributed by atoms with Crippen LogP contribution in [0.3, 0.4) is 0 Å². The molecule has 0 saturated carbocycles. The SMILES string of the molecule is Cc1ccc2nc(C(=O)O)c(O)c(=O)n2c1. The molecule has 0 radical (unpaired) electrons. The summed E-state index contributed by atoms with van der Waals surface area (Å²) in [6, 6.07) is 3.22. The number of aryl methyl sites for hydroxylation is 1. The van der Waals surface area contributed by atoms with Crippen molar-refractivity contribution in [3.63, 3.8) is 0 Å². The molecule has 0 bridgehead atoms. The first kappa shape index (κ1) is 10.2. The van der Waals surface area contributed by atoms with Gasteiger partial charge in [-0.3, -0.25) is 9.20 Å². The molecule has 2 aromatic heterocycles. The Hall–Kier alpha value is -2.37. The average Bonchev–Trinajstić information content (AvgIpc) is 2.23. The molecule has 0 spiro atoms. The van der Waals surface area contributed by atoms with Crippen molar-refractivity contribution < 1.29 is 15.0 Å². The van der Waals surface area contributed by atoms with Gasteiger partial charge in [0.25, 0.3) is 0 Å². The Morgan fingerprint density at radius 1 is 1.44 bits per heavy atom. The molecule has 2 aromatic rings. The van der Waals surface area contributed by atoms with Crippen molar-refractivity contribution in [2.45, 2.75) is 6.92 Å². The lowest BCUT2D eigenvalue weighted by Gasteiger charge is -2.04. The van der Waals surface area contributed by atoms with Crippen molar-refractivity contribution in [2.24, 2.45) is 0 Å². The Bertz CT molecular complexity index is 645. The Morgan fingerprint density at radius 3 is 2.75 bits per heavy atom. The molecule has 6 nitrogen and oxygen atoms in total. The third kappa shape index (κ3) is 1.40. The second-order valence-electron chi connectivity index (χ2n) is 3.35. The smallest absolute Gasteiger partial charge is 0.358 e. The molecule has 0 unspecified atom stereocenters. The number of carboxylic acids is 1. The fourth-order valence-electron chi connectivity index (χ4n) is 1.38. The number of pyridine rings is 1. The number of aromatic hydroxyl groups is 1. The van der Waals surface area contributed by atoms with Crippen LogP contribution < -0.4 is 5.56 Å². The molecule has 2 N–H and O–H groups in total. The van der Waals surface area contributed by atoms with Gasteiger partial charge in [0.05, 0.1) is 0 Å². The zero-order valence-corrected chi connectivity index (χ0v) is 8.34. The first-order valence-electron chi connectivity index (χ1n) is 4.46. The highest BCUT2D eigenvalue weighted by Gasteiger charge is 2.17. The molecular weight excluding hydrogens is 212 g/mol. The monoisotopic (exact) mass is 220 g/mol. The zero-order valence-electron chi connectivity index (χ0n) is 8.34. The maximum absolute atomic E-state index is 11.6. The van der Waals surface area contributed by atoms with Crippen LogP contribution in [0, 0.1) is 6.92 Å². The molecule has 0 amide bonds. The number of carbonyl (C=O) groups is 1. The number of aromatic carboxylic acids is 1. The maximum atomic E-state index is 11.6. The third-order valence-electron chi connectivity index (χ3n) is 2.15. The molecule has 0 aliphatic rings. The van der Waals surface area contributed by atoms with E-state index >= 15 is 0 Å². The maximum Gasteiger partial charge on any atom is 0.358 e. The van der Waals surface area contributed by atoms with Crippen LogP contribution in [-0.4, -0.2) is 25.6 Å². The van der Waals surface area contributed by atoms with E-state index < -0.39 is 23.0 Å². The summed E-state index contributed by atoms with van der Waals surface area (Å²) in [5.41, 5.74) is -0.426. The minimum absolute atomic E-state index is 0.186. The summed E-state index contributed by atoms with van der Waals surface area (Å²) in [5.74, 6) is -2.28. The molecule has 16 heavy (non-hydrogen) atoms. The fraction of sp³-hybridized carbons (Fsp3) is 0.100. The highest BCUT2D eigenvalue weighted by molar-refractivity contribution is 5.88. The van der Waals surface area contributed by atoms with E-state index in [1.807, 2.05) is 0 Å². The Morgan fingerprint density at radius 2 is 2.12 bits per heavy atom. The van der Waals surface area contributed by atoms with Crippen molar-refractivity contribution in [3.8, 4) is 5.75 Å². The van der Waals surface area contributed by atoms with E-state index in [1.165, 1.54) is 12.3 Å². The second-order valence-corrected chi connectivity index (χ2v) is 3.35. The number of carboxylic acid groups (broad SMARTS) is 1. The number of hydrogen-bond donors (Lipinski definition) is 2. The van der Waals surface area contributed by atoms with Gasteiger partial charge >= 0.3 is 11.5 Å². The second kappa shape index (κ2) is 3.34. The van der Waals surface area contributed by atoms with E-state index in [-0.39, 0.29) is 5.65 Å². The van der Waals surface area contributed by atoms with E-state index in [4.69, 9.17) is 5.11 Å². The number of rotatable bonds is 1. The lowest BCUT2D eigenvalue weighted by Crippen LogP contribution is -2.18. The van der Waals surface area contributed by atoms with Crippen LogP contribution in [0.15, 0.2) is 23.1 Å². The predicted molar refractivity (Wildman–Crippen MR) is 54.8 cm³/mol. The molecule has 2 heterocycles. The minimum atomic E-state index is -1.43. The van der Waals surface area contributed by atoms with Gasteiger partial charge in [0.1, 0.15) is 5.65 Å². The van der Waals surface area contributed by atoms with Crippen LogP contribution in [0.25, 0.3) is 5.65 Å². The van der Waals surface area contributed by atoms with Crippen molar-refractivity contribution in [1.29, 1.82) is 0 Å². The largest absolute Gasteiger partial charge is 0.501 e. The lowest BCUT2D eigenvalue weighted by atomic mass is 10.3. The van der Waals surface area contributed by atoms with Crippen LogP contribution in [-0.2, 0) is 0 Å². The molecule has 82 valence electrons. The van der Waals surface area contributed by atoms with E-state index in [0.717, 1.165) is 9.96 Å². The standard InChI is InChI=1S/C10H8N2O4/c1-5-2-3-6-11-7(10(15)16)8(13)9(14)12(6)4-5/h2-4,13H,1H3,(H,15,16). The van der Waals surface area contributed by atoms with Gasteiger partial charge in [0.2, 0.25) is 5.75 Å². The van der Waals surface area contributed by atoms with E-state index in [0.29, 0.717) is 0 Å². The average molecular weight is 220 g/mol. The van der Waals surface area contributed by atoms with Gasteiger partial charge < -0.3 is 10.2 Å². The van der Waals surface area contributed by atoms with Crippen LogP contribution in [0.5, 0.6) is 5.75 Å². The lowest BCUT2D eigenvalue weighted by molar-refractivity contribution is 0.0686. The summed E-state index contributed by atoms with van der Waals surface area (Å²) >= 11 is 0. The Balaban J connectivity index is 2.94. The number of nitrogens with zero attached hydrogens (tertiary/aromatic N) is 2. The Labute approximate surface area is 89.4 Å². The van der Waals surface area contributed by atoms with Crippen LogP contribution in [0.4, 0.5) is 0 Å². The topological polar surface area (TPSA) is 91.9 Å². The quantitative estimate of drug-likeness (QED) is 0.726. The van der Waals surface area contributed by atoms with Crippen molar-refractivity contribution >= 4 is 11.6 Å². The van der Waals surface area contributed by atoms with E-state index in [1.54, 1.807) is 13.0 Å². The van der Waals surface area contributed by atoms with Gasteiger partial charge in [-0.15, -0.1) is 0 Å². The van der Waals surface area contributed by atoms with Crippen molar-refractivity contribution in [1.82, 2.24) is 9.38 Å². The van der Waals surface area contributed by atoms with Gasteiger partial charge in [0, 0.05) is 6.20 Å². The molecule has 0 atom stereocenters. The first-order valence-corrected chi connectivity index (χ1v) is 4.46. The van der Waals surface area contributed by atoms with Gasteiger partial charge in [0.15, 0.2) is 5.69 Å². The predicted octanol–water partition coefficient (Wildman–Crippen LogP) is 0.407. The molecule has 0 aliphatic carbocycles. The van der Waals surface area contributed by atoms with Crippen LogP contribution >= 0.6 is 0 Å². The summed E-state index contributed by atoms with van der Waals surface area (Å²) in [5, 5.41) is 18.1. The van der Waals surface area contributed by atoms with Crippen molar-refractivity contribution in [3.05, 3.63) is 39.9 Å². The highest BCUT2D eigenvalue weighted by atomic mass is 16.4. The van der Waals surface area contributed by atoms with Gasteiger partial charge in [-0.05, 0) is 18.6 Å². The number of hydrogen-bond acceptors (Lipinski definition) is 4. The van der Waals surface area contributed by atoms with Gasteiger partial charge in [-0.25, -0.2) is 9.78 Å². The molecule has 0 fully saturated rings. The van der Waals surface area contributed by atoms with Crippen molar-refractivity contribution in [2.75, 3.05) is 0 Å². The first-order chi connectivity index (χ1) is 7.50. The molecular formula is C10H8N2O4. The minimum Gasteiger partial charge on any atom is -0.501 e. The molecule has 6 heteroatoms. The molecule has 0 aliphatic heterocycles. The summed E-state index contributed by atoms with van der Waals surface area (Å²) in [6.07, 6.45) is 1.48. The van der Waals surface area contributed by atoms with Crippen LogP contribution in [0.1, 0.15) is 16.1 Å². The summed E-state index contributed by atoms with van der Waals surface area (Å²) < 4.78 is 1.11. The summed E-state index contributed by atoms with van der Waals surface area (Å²) in [7, 11) is 0. The molecule has 2 rings (SSSR count). The van der Waals surface area contributed by atoms with Gasteiger partial charge in [-0.2, -0.15) is 0 Å². The number of aromatic nitrogens is 2. The van der Waals surface area contributed by atoms with Crippen LogP contribution in [0.2, 0.25) is 0 Å².